The van der Waals surface area contributed by atoms with Gasteiger partial charge in [0, 0.05) is 25.6 Å². The van der Waals surface area contributed by atoms with Gasteiger partial charge in [0.05, 0.1) is 4.99 Å². The van der Waals surface area contributed by atoms with E-state index in [4.69, 9.17) is 18.0 Å². The van der Waals surface area contributed by atoms with E-state index in [0.29, 0.717) is 18.1 Å². The van der Waals surface area contributed by atoms with Gasteiger partial charge in [0.1, 0.15) is 0 Å². The number of nitrogens with one attached hydrogen (secondary N) is 1. The Morgan fingerprint density at radius 3 is 2.27 bits per heavy atom. The average molecular weight is 253 g/mol. The van der Waals surface area contributed by atoms with E-state index < -0.39 is 10.2 Å². The highest BCUT2D eigenvalue weighted by Gasteiger charge is 2.19. The van der Waals surface area contributed by atoms with Gasteiger partial charge in [0.15, 0.2) is 0 Å². The van der Waals surface area contributed by atoms with Gasteiger partial charge in [-0.25, -0.2) is 4.72 Å². The Hall–Kier alpha value is -0.240. The van der Waals surface area contributed by atoms with E-state index in [2.05, 4.69) is 4.72 Å². The van der Waals surface area contributed by atoms with Gasteiger partial charge in [-0.15, -0.1) is 0 Å². The third-order valence-electron chi connectivity index (χ3n) is 2.10. The minimum Gasteiger partial charge on any atom is -0.393 e. The number of thiocarbonyl (C=S) groups is 1. The topological polar surface area (TPSA) is 75.4 Å². The van der Waals surface area contributed by atoms with Crippen LogP contribution < -0.4 is 10.5 Å². The minimum absolute atomic E-state index is 0.134. The van der Waals surface area contributed by atoms with Gasteiger partial charge in [-0.05, 0) is 0 Å². The van der Waals surface area contributed by atoms with Crippen molar-refractivity contribution < 1.29 is 8.42 Å². The van der Waals surface area contributed by atoms with Crippen molar-refractivity contribution in [1.82, 2.24) is 9.03 Å². The monoisotopic (exact) mass is 253 g/mol. The third-order valence-corrected chi connectivity index (χ3v) is 4.23. The molecule has 0 heterocycles. The van der Waals surface area contributed by atoms with Crippen LogP contribution in [0.25, 0.3) is 0 Å². The van der Waals surface area contributed by atoms with Crippen LogP contribution in [0.4, 0.5) is 0 Å². The smallest absolute Gasteiger partial charge is 0.279 e. The molecule has 15 heavy (non-hydrogen) atoms. The van der Waals surface area contributed by atoms with Crippen molar-refractivity contribution in [3.63, 3.8) is 0 Å². The van der Waals surface area contributed by atoms with Gasteiger partial charge in [0.25, 0.3) is 10.2 Å². The molecule has 0 saturated heterocycles. The van der Waals surface area contributed by atoms with E-state index in [1.165, 1.54) is 4.31 Å². The Bertz CT molecular complexity index is 299. The zero-order chi connectivity index (χ0) is 12.1. The van der Waals surface area contributed by atoms with Gasteiger partial charge in [-0.1, -0.05) is 33.0 Å². The van der Waals surface area contributed by atoms with Crippen molar-refractivity contribution in [3.05, 3.63) is 0 Å². The van der Waals surface area contributed by atoms with Crippen molar-refractivity contribution in [2.75, 3.05) is 19.6 Å². The maximum absolute atomic E-state index is 11.7. The Balaban J connectivity index is 4.33. The highest BCUT2D eigenvalue weighted by Crippen LogP contribution is 1.99. The Kier molecular flexibility index (Phi) is 6.26. The fourth-order valence-electron chi connectivity index (χ4n) is 0.986. The first-order valence-corrected chi connectivity index (χ1v) is 6.74. The Morgan fingerprint density at radius 1 is 1.47 bits per heavy atom. The van der Waals surface area contributed by atoms with Crippen molar-refractivity contribution in [1.29, 1.82) is 0 Å². The number of nitrogens with two attached hydrogens (primary N) is 1. The predicted octanol–water partition coefficient (Wildman–Crippen LogP) is 0.0848. The van der Waals surface area contributed by atoms with Crippen molar-refractivity contribution >= 4 is 27.4 Å². The lowest BCUT2D eigenvalue weighted by Gasteiger charge is -2.20. The largest absolute Gasteiger partial charge is 0.393 e. The molecule has 7 heteroatoms. The molecule has 0 aliphatic carbocycles. The van der Waals surface area contributed by atoms with Crippen molar-refractivity contribution in [2.24, 2.45) is 11.7 Å². The molecule has 0 bridgehead atoms. The molecule has 90 valence electrons. The third kappa shape index (κ3) is 4.87. The summed E-state index contributed by atoms with van der Waals surface area (Å²) >= 11 is 4.76. The van der Waals surface area contributed by atoms with Gasteiger partial charge in [-0.2, -0.15) is 12.7 Å². The number of rotatable bonds is 7. The molecule has 1 atom stereocenters. The Labute approximate surface area is 97.2 Å². The van der Waals surface area contributed by atoms with Gasteiger partial charge >= 0.3 is 0 Å². The average Bonchev–Trinajstić information content (AvgIpc) is 2.15. The lowest BCUT2D eigenvalue weighted by molar-refractivity contribution is 0.433. The molecule has 5 nitrogen and oxygen atoms in total. The standard InChI is InChI=1S/C8H19N3O2S2/c1-4-11(5-2)15(12,13)10-6-7(3)8(9)14/h7,10H,4-6H2,1-3H3,(H2,9,14). The Morgan fingerprint density at radius 2 is 1.93 bits per heavy atom. The zero-order valence-electron chi connectivity index (χ0n) is 9.36. The second-order valence-electron chi connectivity index (χ2n) is 3.24. The fraction of sp³-hybridized carbons (Fsp3) is 0.875. The summed E-state index contributed by atoms with van der Waals surface area (Å²) in [6.45, 7) is 6.52. The van der Waals surface area contributed by atoms with Crippen LogP contribution in [0, 0.1) is 5.92 Å². The maximum Gasteiger partial charge on any atom is 0.279 e. The highest BCUT2D eigenvalue weighted by atomic mass is 32.2. The van der Waals surface area contributed by atoms with E-state index in [1.54, 1.807) is 20.8 Å². The molecule has 0 aromatic rings. The van der Waals surface area contributed by atoms with Crippen molar-refractivity contribution in [3.8, 4) is 0 Å². The quantitative estimate of drug-likeness (QED) is 0.630. The zero-order valence-corrected chi connectivity index (χ0v) is 11.0. The molecule has 3 N–H and O–H groups in total. The van der Waals surface area contributed by atoms with Crippen molar-refractivity contribution in [2.45, 2.75) is 20.8 Å². The molecule has 0 spiro atoms. The van der Waals surface area contributed by atoms with Crippen LogP contribution in [-0.2, 0) is 10.2 Å². The fourth-order valence-corrected chi connectivity index (χ4v) is 2.39. The van der Waals surface area contributed by atoms with E-state index >= 15 is 0 Å². The summed E-state index contributed by atoms with van der Waals surface area (Å²) in [6, 6.07) is 0. The van der Waals surface area contributed by atoms with Crippen LogP contribution in [0.15, 0.2) is 0 Å². The predicted molar refractivity (Wildman–Crippen MR) is 65.8 cm³/mol. The number of hydrogen-bond donors (Lipinski definition) is 2. The van der Waals surface area contributed by atoms with E-state index in [-0.39, 0.29) is 12.5 Å². The summed E-state index contributed by atoms with van der Waals surface area (Å²) < 4.78 is 27.1. The minimum atomic E-state index is -3.38. The molecule has 0 fully saturated rings. The molecule has 0 radical (unpaired) electrons. The second-order valence-corrected chi connectivity index (χ2v) is 5.47. The normalized spacial score (nSPS) is 14.1. The molecule has 0 aliphatic heterocycles. The molecule has 0 aromatic carbocycles. The molecule has 0 saturated carbocycles. The van der Waals surface area contributed by atoms with Crippen LogP contribution in [0.5, 0.6) is 0 Å². The molecule has 1 unspecified atom stereocenters. The second kappa shape index (κ2) is 6.37. The highest BCUT2D eigenvalue weighted by molar-refractivity contribution is 7.87. The first kappa shape index (κ1) is 14.8. The molecular formula is C8H19N3O2S2. The van der Waals surface area contributed by atoms with Crippen LogP contribution >= 0.6 is 12.2 Å². The summed E-state index contributed by atoms with van der Waals surface area (Å²) in [5.74, 6) is -0.134. The van der Waals surface area contributed by atoms with Crippen LogP contribution in [0.1, 0.15) is 20.8 Å². The van der Waals surface area contributed by atoms with Gasteiger partial charge < -0.3 is 5.73 Å². The lowest BCUT2D eigenvalue weighted by Crippen LogP contribution is -2.43. The molecule has 0 rings (SSSR count). The maximum atomic E-state index is 11.7. The van der Waals surface area contributed by atoms with E-state index in [0.717, 1.165) is 0 Å². The first-order chi connectivity index (χ1) is 6.85. The molecular weight excluding hydrogens is 234 g/mol. The molecule has 0 aliphatic rings. The van der Waals surface area contributed by atoms with E-state index in [9.17, 15) is 8.42 Å². The number of nitrogens with zero attached hydrogens (tertiary/aromatic N) is 1. The van der Waals surface area contributed by atoms with Crippen LogP contribution in [0.2, 0.25) is 0 Å². The summed E-state index contributed by atoms with van der Waals surface area (Å²) in [5.41, 5.74) is 5.39. The van der Waals surface area contributed by atoms with E-state index in [1.807, 2.05) is 0 Å². The molecule has 0 aromatic heterocycles. The first-order valence-electron chi connectivity index (χ1n) is 4.89. The summed E-state index contributed by atoms with van der Waals surface area (Å²) in [7, 11) is -3.38. The van der Waals surface area contributed by atoms with Crippen LogP contribution in [-0.4, -0.2) is 37.3 Å². The summed E-state index contributed by atoms with van der Waals surface area (Å²) in [6.07, 6.45) is 0. The van der Waals surface area contributed by atoms with Gasteiger partial charge in [-0.3, -0.25) is 0 Å². The lowest BCUT2D eigenvalue weighted by atomic mass is 10.2. The summed E-state index contributed by atoms with van der Waals surface area (Å²) in [5, 5.41) is 0. The summed E-state index contributed by atoms with van der Waals surface area (Å²) in [4.78, 5) is 0.317. The number of hydrogen-bond acceptors (Lipinski definition) is 3. The molecule has 0 amide bonds. The van der Waals surface area contributed by atoms with Crippen LogP contribution in [0.3, 0.4) is 0 Å². The van der Waals surface area contributed by atoms with Gasteiger partial charge in [0.2, 0.25) is 0 Å². The SMILES string of the molecule is CCN(CC)S(=O)(=O)NCC(C)C(N)=S.